The van der Waals surface area contributed by atoms with Crippen LogP contribution in [0, 0.1) is 11.2 Å². The third-order valence-electron chi connectivity index (χ3n) is 5.86. The number of piperidine rings is 1. The zero-order valence-electron chi connectivity index (χ0n) is 19.9. The number of carbonyl (C=O) groups is 2. The van der Waals surface area contributed by atoms with Crippen molar-refractivity contribution in [2.45, 2.75) is 45.6 Å². The molecule has 2 aliphatic heterocycles. The van der Waals surface area contributed by atoms with Crippen molar-refractivity contribution in [3.05, 3.63) is 29.6 Å². The van der Waals surface area contributed by atoms with E-state index in [0.717, 1.165) is 25.8 Å². The zero-order chi connectivity index (χ0) is 23.9. The van der Waals surface area contributed by atoms with Crippen LogP contribution in [0.3, 0.4) is 0 Å². The van der Waals surface area contributed by atoms with E-state index in [9.17, 15) is 14.0 Å². The largest absolute Gasteiger partial charge is 0.490 e. The summed E-state index contributed by atoms with van der Waals surface area (Å²) in [6, 6.07) is 3.92. The quantitative estimate of drug-likeness (QED) is 0.613. The Kier molecular flexibility index (Phi) is 8.53. The SMILES string of the molecule is CC(C)(C)OC(=O)N1CCCC2(CCNCCOCCOc3ccc(F)cc3C(=O)NC2)C1. The lowest BCUT2D eigenvalue weighted by molar-refractivity contribution is 0.00279. The fraction of sp³-hybridized carbons (Fsp3) is 0.667. The number of halogens is 1. The highest BCUT2D eigenvalue weighted by molar-refractivity contribution is 5.97. The molecule has 1 unspecified atom stereocenters. The number of nitrogens with one attached hydrogen (secondary N) is 2. The second-order valence-electron chi connectivity index (χ2n) is 9.79. The molecular formula is C24H36FN3O5. The number of fused-ring (bicyclic) bond motifs is 1. The first-order valence-corrected chi connectivity index (χ1v) is 11.6. The summed E-state index contributed by atoms with van der Waals surface area (Å²) >= 11 is 0. The van der Waals surface area contributed by atoms with Gasteiger partial charge in [-0.1, -0.05) is 0 Å². The van der Waals surface area contributed by atoms with Gasteiger partial charge in [0.25, 0.3) is 5.91 Å². The van der Waals surface area contributed by atoms with Gasteiger partial charge in [0.05, 0.1) is 18.8 Å². The van der Waals surface area contributed by atoms with Gasteiger partial charge in [0.1, 0.15) is 23.8 Å². The van der Waals surface area contributed by atoms with Crippen LogP contribution in [0.5, 0.6) is 5.75 Å². The maximum atomic E-state index is 13.9. The van der Waals surface area contributed by atoms with Gasteiger partial charge in [-0.2, -0.15) is 0 Å². The summed E-state index contributed by atoms with van der Waals surface area (Å²) in [6.45, 7) is 9.59. The molecule has 8 nitrogen and oxygen atoms in total. The van der Waals surface area contributed by atoms with Crippen molar-refractivity contribution >= 4 is 12.0 Å². The first-order valence-electron chi connectivity index (χ1n) is 11.6. The molecule has 0 bridgehead atoms. The van der Waals surface area contributed by atoms with Gasteiger partial charge in [-0.15, -0.1) is 0 Å². The molecule has 33 heavy (non-hydrogen) atoms. The first-order chi connectivity index (χ1) is 15.7. The number of benzene rings is 1. The van der Waals surface area contributed by atoms with E-state index in [1.807, 2.05) is 20.8 Å². The van der Waals surface area contributed by atoms with E-state index in [-0.39, 0.29) is 23.7 Å². The Hall–Kier alpha value is -2.39. The van der Waals surface area contributed by atoms with Gasteiger partial charge < -0.3 is 29.7 Å². The van der Waals surface area contributed by atoms with Crippen molar-refractivity contribution < 1.29 is 28.2 Å². The van der Waals surface area contributed by atoms with E-state index < -0.39 is 17.3 Å². The van der Waals surface area contributed by atoms with Crippen LogP contribution >= 0.6 is 0 Å². The van der Waals surface area contributed by atoms with Gasteiger partial charge in [-0.05, 0) is 64.8 Å². The van der Waals surface area contributed by atoms with Crippen LogP contribution in [0.1, 0.15) is 50.4 Å². The highest BCUT2D eigenvalue weighted by Crippen LogP contribution is 2.34. The fourth-order valence-electron chi connectivity index (χ4n) is 4.23. The summed E-state index contributed by atoms with van der Waals surface area (Å²) in [7, 11) is 0. The van der Waals surface area contributed by atoms with Crippen molar-refractivity contribution in [2.24, 2.45) is 5.41 Å². The van der Waals surface area contributed by atoms with Crippen molar-refractivity contribution in [1.29, 1.82) is 0 Å². The number of likely N-dealkylation sites (tertiary alicyclic amines) is 1. The molecule has 0 aliphatic carbocycles. The molecule has 1 saturated heterocycles. The lowest BCUT2D eigenvalue weighted by Crippen LogP contribution is -2.52. The van der Waals surface area contributed by atoms with Crippen molar-refractivity contribution in [1.82, 2.24) is 15.5 Å². The predicted octanol–water partition coefficient (Wildman–Crippen LogP) is 2.96. The standard InChI is InChI=1S/C24H36FN3O5/c1-23(2,3)33-22(30)28-11-4-7-24(17-28)8-9-26-10-12-31-13-14-32-20-6-5-18(25)15-19(20)21(29)27-16-24/h5-6,15,26H,4,7-14,16-17H2,1-3H3,(H,27,29). The summed E-state index contributed by atoms with van der Waals surface area (Å²) in [5, 5.41) is 6.36. The van der Waals surface area contributed by atoms with E-state index in [0.29, 0.717) is 45.1 Å². The van der Waals surface area contributed by atoms with Crippen LogP contribution in [-0.2, 0) is 9.47 Å². The predicted molar refractivity (Wildman–Crippen MR) is 122 cm³/mol. The number of carbonyl (C=O) groups excluding carboxylic acids is 2. The van der Waals surface area contributed by atoms with Crippen LogP contribution in [0.15, 0.2) is 18.2 Å². The van der Waals surface area contributed by atoms with Crippen molar-refractivity contribution in [3.8, 4) is 5.75 Å². The smallest absolute Gasteiger partial charge is 0.410 e. The van der Waals surface area contributed by atoms with E-state index in [4.69, 9.17) is 14.2 Å². The normalized spacial score (nSPS) is 23.5. The van der Waals surface area contributed by atoms with Crippen LogP contribution < -0.4 is 15.4 Å². The molecule has 0 saturated carbocycles. The van der Waals surface area contributed by atoms with Crippen LogP contribution in [0.25, 0.3) is 0 Å². The molecule has 1 aromatic carbocycles. The molecule has 1 fully saturated rings. The molecule has 0 radical (unpaired) electrons. The second-order valence-corrected chi connectivity index (χ2v) is 9.79. The van der Waals surface area contributed by atoms with E-state index >= 15 is 0 Å². The number of amides is 2. The third kappa shape index (κ3) is 7.57. The topological polar surface area (TPSA) is 89.1 Å². The number of nitrogens with zero attached hydrogens (tertiary/aromatic N) is 1. The third-order valence-corrected chi connectivity index (χ3v) is 5.86. The number of rotatable bonds is 0. The second kappa shape index (κ2) is 11.2. The summed E-state index contributed by atoms with van der Waals surface area (Å²) < 4.78 is 30.7. The average Bonchev–Trinajstić information content (AvgIpc) is 2.76. The number of hydrogen-bond donors (Lipinski definition) is 2. The number of hydrogen-bond acceptors (Lipinski definition) is 6. The molecule has 1 aromatic rings. The molecule has 3 rings (SSSR count). The van der Waals surface area contributed by atoms with Crippen LogP contribution in [0.2, 0.25) is 0 Å². The molecule has 1 atom stereocenters. The monoisotopic (exact) mass is 465 g/mol. The Bertz CT molecular complexity index is 829. The summed E-state index contributed by atoms with van der Waals surface area (Å²) in [6.07, 6.45) is 2.09. The Morgan fingerprint density at radius 2 is 2.00 bits per heavy atom. The van der Waals surface area contributed by atoms with Gasteiger partial charge >= 0.3 is 6.09 Å². The lowest BCUT2D eigenvalue weighted by atomic mass is 9.76. The highest BCUT2D eigenvalue weighted by Gasteiger charge is 2.38. The molecule has 2 heterocycles. The Balaban J connectivity index is 1.78. The highest BCUT2D eigenvalue weighted by atomic mass is 19.1. The van der Waals surface area contributed by atoms with Gasteiger partial charge in [0.2, 0.25) is 0 Å². The maximum Gasteiger partial charge on any atom is 0.410 e. The molecular weight excluding hydrogens is 429 g/mol. The fourth-order valence-corrected chi connectivity index (χ4v) is 4.23. The minimum absolute atomic E-state index is 0.151. The van der Waals surface area contributed by atoms with E-state index in [2.05, 4.69) is 10.6 Å². The van der Waals surface area contributed by atoms with E-state index in [1.54, 1.807) is 4.90 Å². The van der Waals surface area contributed by atoms with Crippen molar-refractivity contribution in [3.63, 3.8) is 0 Å². The summed E-state index contributed by atoms with van der Waals surface area (Å²) in [5.41, 5.74) is -0.752. The molecule has 1 spiro atoms. The zero-order valence-corrected chi connectivity index (χ0v) is 19.9. The minimum atomic E-state index is -0.576. The lowest BCUT2D eigenvalue weighted by Gasteiger charge is -2.43. The average molecular weight is 466 g/mol. The van der Waals surface area contributed by atoms with Gasteiger partial charge in [-0.3, -0.25) is 4.79 Å². The number of ether oxygens (including phenoxy) is 3. The molecule has 0 aromatic heterocycles. The molecule has 2 aliphatic rings. The van der Waals surface area contributed by atoms with Crippen LogP contribution in [-0.4, -0.2) is 75.0 Å². The Morgan fingerprint density at radius 3 is 2.79 bits per heavy atom. The Morgan fingerprint density at radius 1 is 1.18 bits per heavy atom. The van der Waals surface area contributed by atoms with Gasteiger partial charge in [-0.25, -0.2) is 9.18 Å². The summed E-state index contributed by atoms with van der Waals surface area (Å²) in [4.78, 5) is 27.5. The maximum absolute atomic E-state index is 13.9. The molecule has 2 amide bonds. The molecule has 2 N–H and O–H groups in total. The van der Waals surface area contributed by atoms with Crippen molar-refractivity contribution in [2.75, 3.05) is 52.5 Å². The Labute approximate surface area is 195 Å². The molecule has 9 heteroatoms. The summed E-state index contributed by atoms with van der Waals surface area (Å²) in [5.74, 6) is -0.588. The van der Waals surface area contributed by atoms with Gasteiger partial charge in [0.15, 0.2) is 0 Å². The van der Waals surface area contributed by atoms with E-state index in [1.165, 1.54) is 18.2 Å². The van der Waals surface area contributed by atoms with Gasteiger partial charge in [0, 0.05) is 31.6 Å². The van der Waals surface area contributed by atoms with Crippen LogP contribution in [0.4, 0.5) is 9.18 Å². The minimum Gasteiger partial charge on any atom is -0.490 e. The molecule has 184 valence electrons. The first kappa shape index (κ1) is 25.2.